The van der Waals surface area contributed by atoms with Crippen LogP contribution in [0.4, 0.5) is 0 Å². The van der Waals surface area contributed by atoms with E-state index in [9.17, 15) is 5.11 Å². The van der Waals surface area contributed by atoms with Crippen molar-refractivity contribution in [1.82, 2.24) is 5.32 Å². The summed E-state index contributed by atoms with van der Waals surface area (Å²) < 4.78 is 0. The molecular formula is C13H20NO. The molecule has 2 N–H and O–H groups in total. The van der Waals surface area contributed by atoms with Gasteiger partial charge in [-0.05, 0) is 31.4 Å². The highest BCUT2D eigenvalue weighted by Crippen LogP contribution is 2.03. The fourth-order valence-corrected chi connectivity index (χ4v) is 1.40. The SMILES string of the molecule is CCCNC[C@H](O)[CH]Cc1ccccc1. The van der Waals surface area contributed by atoms with Gasteiger partial charge in [0.2, 0.25) is 0 Å². The summed E-state index contributed by atoms with van der Waals surface area (Å²) in [6, 6.07) is 10.2. The molecule has 1 aromatic carbocycles. The van der Waals surface area contributed by atoms with Crippen molar-refractivity contribution in [2.75, 3.05) is 13.1 Å². The van der Waals surface area contributed by atoms with Gasteiger partial charge in [-0.3, -0.25) is 0 Å². The molecular weight excluding hydrogens is 186 g/mol. The number of benzene rings is 1. The lowest BCUT2D eigenvalue weighted by atomic mass is 10.1. The van der Waals surface area contributed by atoms with E-state index in [1.807, 2.05) is 24.6 Å². The van der Waals surface area contributed by atoms with E-state index in [1.54, 1.807) is 0 Å². The zero-order valence-corrected chi connectivity index (χ0v) is 9.32. The number of aliphatic hydroxyl groups excluding tert-OH is 1. The predicted octanol–water partition coefficient (Wildman–Crippen LogP) is 1.79. The molecule has 2 heteroatoms. The van der Waals surface area contributed by atoms with Crippen LogP contribution in [0.3, 0.4) is 0 Å². The van der Waals surface area contributed by atoms with Gasteiger partial charge in [0, 0.05) is 6.54 Å². The minimum absolute atomic E-state index is 0.350. The zero-order valence-electron chi connectivity index (χ0n) is 9.32. The average Bonchev–Trinajstić information content (AvgIpc) is 2.28. The largest absolute Gasteiger partial charge is 0.391 e. The first-order valence-corrected chi connectivity index (χ1v) is 5.59. The van der Waals surface area contributed by atoms with E-state index < -0.39 is 0 Å². The number of aliphatic hydroxyl groups is 1. The van der Waals surface area contributed by atoms with Crippen molar-refractivity contribution >= 4 is 0 Å². The molecule has 1 radical (unpaired) electrons. The molecule has 0 aliphatic heterocycles. The monoisotopic (exact) mass is 206 g/mol. The Labute approximate surface area is 92.3 Å². The Kier molecular flexibility index (Phi) is 6.05. The summed E-state index contributed by atoms with van der Waals surface area (Å²) in [4.78, 5) is 0. The Hall–Kier alpha value is -0.860. The molecule has 83 valence electrons. The van der Waals surface area contributed by atoms with Gasteiger partial charge in [-0.2, -0.15) is 0 Å². The van der Waals surface area contributed by atoms with E-state index in [0.29, 0.717) is 6.54 Å². The van der Waals surface area contributed by atoms with E-state index in [1.165, 1.54) is 5.56 Å². The van der Waals surface area contributed by atoms with Gasteiger partial charge in [-0.25, -0.2) is 0 Å². The molecule has 0 aromatic heterocycles. The summed E-state index contributed by atoms with van der Waals surface area (Å²) in [5, 5.41) is 12.8. The van der Waals surface area contributed by atoms with Crippen LogP contribution in [0.1, 0.15) is 18.9 Å². The van der Waals surface area contributed by atoms with E-state index in [2.05, 4.69) is 24.4 Å². The van der Waals surface area contributed by atoms with Gasteiger partial charge >= 0.3 is 0 Å². The summed E-state index contributed by atoms with van der Waals surface area (Å²) in [5.41, 5.74) is 1.24. The van der Waals surface area contributed by atoms with Crippen LogP contribution in [0.15, 0.2) is 30.3 Å². The second-order valence-corrected chi connectivity index (χ2v) is 3.70. The van der Waals surface area contributed by atoms with Crippen molar-refractivity contribution < 1.29 is 5.11 Å². The lowest BCUT2D eigenvalue weighted by Crippen LogP contribution is -2.28. The number of nitrogens with one attached hydrogen (secondary N) is 1. The predicted molar refractivity (Wildman–Crippen MR) is 63.6 cm³/mol. The Bertz CT molecular complexity index is 248. The van der Waals surface area contributed by atoms with Gasteiger partial charge in [0.1, 0.15) is 0 Å². The molecule has 0 aliphatic rings. The van der Waals surface area contributed by atoms with Crippen LogP contribution in [-0.4, -0.2) is 24.3 Å². The Balaban J connectivity index is 2.14. The van der Waals surface area contributed by atoms with Gasteiger partial charge < -0.3 is 10.4 Å². The molecule has 1 rings (SSSR count). The summed E-state index contributed by atoms with van der Waals surface area (Å²) in [6.45, 7) is 3.74. The van der Waals surface area contributed by atoms with Crippen molar-refractivity contribution in [3.05, 3.63) is 42.3 Å². The van der Waals surface area contributed by atoms with E-state index in [0.717, 1.165) is 19.4 Å². The maximum atomic E-state index is 9.62. The van der Waals surface area contributed by atoms with Gasteiger partial charge in [0.05, 0.1) is 6.10 Å². The van der Waals surface area contributed by atoms with Gasteiger partial charge in [-0.1, -0.05) is 37.3 Å². The normalized spacial score (nSPS) is 12.7. The first-order valence-electron chi connectivity index (χ1n) is 5.59. The molecule has 0 heterocycles. The molecule has 1 atom stereocenters. The first kappa shape index (κ1) is 12.2. The molecule has 0 unspecified atom stereocenters. The molecule has 2 nitrogen and oxygen atoms in total. The fourth-order valence-electron chi connectivity index (χ4n) is 1.40. The number of hydrogen-bond donors (Lipinski definition) is 2. The third-order valence-electron chi connectivity index (χ3n) is 2.25. The molecule has 0 saturated heterocycles. The van der Waals surface area contributed by atoms with Gasteiger partial charge in [0.25, 0.3) is 0 Å². The third kappa shape index (κ3) is 5.55. The summed E-state index contributed by atoms with van der Waals surface area (Å²) in [6.07, 6.45) is 3.52. The van der Waals surface area contributed by atoms with Crippen molar-refractivity contribution in [3.63, 3.8) is 0 Å². The van der Waals surface area contributed by atoms with Crippen LogP contribution in [0, 0.1) is 6.42 Å². The fraction of sp³-hybridized carbons (Fsp3) is 0.462. The van der Waals surface area contributed by atoms with Crippen LogP contribution in [-0.2, 0) is 6.42 Å². The molecule has 15 heavy (non-hydrogen) atoms. The second kappa shape index (κ2) is 7.43. The highest BCUT2D eigenvalue weighted by molar-refractivity contribution is 5.16. The van der Waals surface area contributed by atoms with E-state index in [-0.39, 0.29) is 6.10 Å². The van der Waals surface area contributed by atoms with Gasteiger partial charge in [0.15, 0.2) is 0 Å². The topological polar surface area (TPSA) is 32.3 Å². The molecule has 0 bridgehead atoms. The van der Waals surface area contributed by atoms with Crippen molar-refractivity contribution in [2.24, 2.45) is 0 Å². The van der Waals surface area contributed by atoms with E-state index >= 15 is 0 Å². The molecule has 0 saturated carbocycles. The minimum Gasteiger partial charge on any atom is -0.391 e. The maximum Gasteiger partial charge on any atom is 0.0699 e. The van der Waals surface area contributed by atoms with E-state index in [4.69, 9.17) is 0 Å². The smallest absolute Gasteiger partial charge is 0.0699 e. The van der Waals surface area contributed by atoms with Crippen molar-refractivity contribution in [1.29, 1.82) is 0 Å². The Morgan fingerprint density at radius 3 is 2.73 bits per heavy atom. The Morgan fingerprint density at radius 2 is 2.07 bits per heavy atom. The summed E-state index contributed by atoms with van der Waals surface area (Å²) >= 11 is 0. The van der Waals surface area contributed by atoms with Crippen molar-refractivity contribution in [2.45, 2.75) is 25.9 Å². The molecule has 1 aromatic rings. The summed E-state index contributed by atoms with van der Waals surface area (Å²) in [5.74, 6) is 0. The van der Waals surface area contributed by atoms with Crippen molar-refractivity contribution in [3.8, 4) is 0 Å². The highest BCUT2D eigenvalue weighted by atomic mass is 16.3. The molecule has 0 aliphatic carbocycles. The average molecular weight is 206 g/mol. The van der Waals surface area contributed by atoms with Gasteiger partial charge in [-0.15, -0.1) is 0 Å². The Morgan fingerprint density at radius 1 is 1.33 bits per heavy atom. The zero-order chi connectivity index (χ0) is 10.9. The maximum absolute atomic E-state index is 9.62. The van der Waals surface area contributed by atoms with Crippen LogP contribution in [0.25, 0.3) is 0 Å². The van der Waals surface area contributed by atoms with Crippen LogP contribution in [0.2, 0.25) is 0 Å². The highest BCUT2D eigenvalue weighted by Gasteiger charge is 2.03. The van der Waals surface area contributed by atoms with Crippen LogP contribution < -0.4 is 5.32 Å². The first-order chi connectivity index (χ1) is 7.33. The summed E-state index contributed by atoms with van der Waals surface area (Å²) in [7, 11) is 0. The van der Waals surface area contributed by atoms with Crippen LogP contribution >= 0.6 is 0 Å². The van der Waals surface area contributed by atoms with Crippen LogP contribution in [0.5, 0.6) is 0 Å². The third-order valence-corrected chi connectivity index (χ3v) is 2.25. The number of hydrogen-bond acceptors (Lipinski definition) is 2. The molecule has 0 fully saturated rings. The number of rotatable bonds is 7. The lowest BCUT2D eigenvalue weighted by Gasteiger charge is -2.10. The standard InChI is InChI=1S/C13H20NO/c1-2-10-14-11-13(15)9-8-12-6-4-3-5-7-12/h3-7,9,13-15H,2,8,10-11H2,1H3/t13-/m1/s1. The molecule has 0 amide bonds. The lowest BCUT2D eigenvalue weighted by molar-refractivity contribution is 0.200. The minimum atomic E-state index is -0.350. The molecule has 0 spiro atoms. The quantitative estimate of drug-likeness (QED) is 0.667. The second-order valence-electron chi connectivity index (χ2n) is 3.70.